The first-order chi connectivity index (χ1) is 9.99. The molecule has 5 rings (SSSR count). The van der Waals surface area contributed by atoms with Gasteiger partial charge in [-0.3, -0.25) is 4.79 Å². The average molecular weight is 290 g/mol. The Morgan fingerprint density at radius 1 is 1.10 bits per heavy atom. The molecule has 5 saturated carbocycles. The van der Waals surface area contributed by atoms with E-state index in [1.807, 2.05) is 0 Å². The zero-order valence-corrected chi connectivity index (χ0v) is 13.6. The van der Waals surface area contributed by atoms with Crippen molar-refractivity contribution in [1.29, 1.82) is 0 Å². The molecule has 0 aromatic rings. The summed E-state index contributed by atoms with van der Waals surface area (Å²) in [4.78, 5) is 15.3. The molecule has 0 heterocycles. The van der Waals surface area contributed by atoms with Crippen LogP contribution in [-0.2, 0) is 4.79 Å². The van der Waals surface area contributed by atoms with E-state index in [0.29, 0.717) is 11.9 Å². The number of amides is 1. The van der Waals surface area contributed by atoms with Gasteiger partial charge in [0.1, 0.15) is 0 Å². The minimum absolute atomic E-state index is 0.0595. The van der Waals surface area contributed by atoms with E-state index >= 15 is 0 Å². The van der Waals surface area contributed by atoms with Crippen LogP contribution in [0.15, 0.2) is 0 Å². The first kappa shape index (κ1) is 14.0. The number of nitrogens with two attached hydrogens (primary N) is 1. The topological polar surface area (TPSA) is 46.3 Å². The van der Waals surface area contributed by atoms with Crippen LogP contribution in [0.3, 0.4) is 0 Å². The van der Waals surface area contributed by atoms with E-state index in [0.717, 1.165) is 42.9 Å². The zero-order chi connectivity index (χ0) is 14.8. The van der Waals surface area contributed by atoms with E-state index in [1.54, 1.807) is 0 Å². The molecule has 118 valence electrons. The molecule has 5 fully saturated rings. The quantitative estimate of drug-likeness (QED) is 0.850. The van der Waals surface area contributed by atoms with Crippen LogP contribution in [0.5, 0.6) is 0 Å². The third-order valence-corrected chi connectivity index (χ3v) is 7.46. The van der Waals surface area contributed by atoms with Crippen molar-refractivity contribution in [3.63, 3.8) is 0 Å². The lowest BCUT2D eigenvalue weighted by atomic mass is 9.53. The van der Waals surface area contributed by atoms with E-state index in [4.69, 9.17) is 5.73 Å². The Kier molecular flexibility index (Phi) is 3.15. The molecule has 4 bridgehead atoms. The Bertz CT molecular complexity index is 420. The molecule has 1 amide bonds. The molecule has 0 aromatic heterocycles. The van der Waals surface area contributed by atoms with Crippen LogP contribution in [0.25, 0.3) is 0 Å². The van der Waals surface area contributed by atoms with Gasteiger partial charge in [0.05, 0.1) is 5.41 Å². The molecule has 0 spiro atoms. The molecule has 0 saturated heterocycles. The maximum atomic E-state index is 13.1. The van der Waals surface area contributed by atoms with Crippen molar-refractivity contribution in [3.8, 4) is 0 Å². The van der Waals surface area contributed by atoms with Gasteiger partial charge in [-0.25, -0.2) is 0 Å². The maximum Gasteiger partial charge on any atom is 0.230 e. The fourth-order valence-corrected chi connectivity index (χ4v) is 6.53. The number of nitrogens with zero attached hydrogens (tertiary/aromatic N) is 1. The van der Waals surface area contributed by atoms with Gasteiger partial charge in [0, 0.05) is 19.1 Å². The average Bonchev–Trinajstić information content (AvgIpc) is 2.77. The Hall–Kier alpha value is -0.570. The van der Waals surface area contributed by atoms with Gasteiger partial charge in [-0.05, 0) is 75.5 Å². The SMILES string of the molecule is CN(C(=O)C1(C)CCCC1N)C1C2CC3CC(C2)CC1C3. The predicted octanol–water partition coefficient (Wildman–Crippen LogP) is 2.79. The van der Waals surface area contributed by atoms with Crippen molar-refractivity contribution in [2.45, 2.75) is 70.4 Å². The molecular weight excluding hydrogens is 260 g/mol. The normalized spacial score (nSPS) is 51.4. The summed E-state index contributed by atoms with van der Waals surface area (Å²) in [5.74, 6) is 3.82. The lowest BCUT2D eigenvalue weighted by Gasteiger charge is -2.57. The van der Waals surface area contributed by atoms with Crippen molar-refractivity contribution < 1.29 is 4.79 Å². The molecule has 0 aliphatic heterocycles. The summed E-state index contributed by atoms with van der Waals surface area (Å²) in [6, 6.07) is 0.569. The van der Waals surface area contributed by atoms with Gasteiger partial charge in [-0.1, -0.05) is 6.42 Å². The molecule has 21 heavy (non-hydrogen) atoms. The van der Waals surface area contributed by atoms with Gasteiger partial charge in [0.25, 0.3) is 0 Å². The van der Waals surface area contributed by atoms with Crippen LogP contribution in [0.4, 0.5) is 0 Å². The molecule has 2 atom stereocenters. The van der Waals surface area contributed by atoms with Gasteiger partial charge in [-0.2, -0.15) is 0 Å². The Balaban J connectivity index is 1.55. The molecular formula is C18H30N2O. The monoisotopic (exact) mass is 290 g/mol. The van der Waals surface area contributed by atoms with E-state index < -0.39 is 0 Å². The molecule has 5 aliphatic carbocycles. The molecule has 3 heteroatoms. The molecule has 5 aliphatic rings. The van der Waals surface area contributed by atoms with E-state index in [1.165, 1.54) is 32.1 Å². The summed E-state index contributed by atoms with van der Waals surface area (Å²) in [6.45, 7) is 2.11. The summed E-state index contributed by atoms with van der Waals surface area (Å²) in [6.07, 6.45) is 10.1. The van der Waals surface area contributed by atoms with Crippen LogP contribution in [0, 0.1) is 29.1 Å². The Morgan fingerprint density at radius 3 is 2.14 bits per heavy atom. The molecule has 0 radical (unpaired) electrons. The van der Waals surface area contributed by atoms with Crippen molar-refractivity contribution in [3.05, 3.63) is 0 Å². The molecule has 0 aromatic carbocycles. The third kappa shape index (κ3) is 1.99. The Morgan fingerprint density at radius 2 is 1.67 bits per heavy atom. The molecule has 2 N–H and O–H groups in total. The number of hydrogen-bond donors (Lipinski definition) is 1. The lowest BCUT2D eigenvalue weighted by molar-refractivity contribution is -0.151. The molecule has 2 unspecified atom stereocenters. The minimum Gasteiger partial charge on any atom is -0.342 e. The van der Waals surface area contributed by atoms with Gasteiger partial charge in [-0.15, -0.1) is 0 Å². The van der Waals surface area contributed by atoms with Gasteiger partial charge >= 0.3 is 0 Å². The Labute approximate surface area is 128 Å². The minimum atomic E-state index is -0.302. The first-order valence-electron chi connectivity index (χ1n) is 9.02. The highest BCUT2D eigenvalue weighted by molar-refractivity contribution is 5.83. The summed E-state index contributed by atoms with van der Waals surface area (Å²) >= 11 is 0. The van der Waals surface area contributed by atoms with Crippen molar-refractivity contribution in [1.82, 2.24) is 4.90 Å². The van der Waals surface area contributed by atoms with Crippen molar-refractivity contribution >= 4 is 5.91 Å². The second kappa shape index (κ2) is 4.71. The summed E-state index contributed by atoms with van der Waals surface area (Å²) < 4.78 is 0. The fraction of sp³-hybridized carbons (Fsp3) is 0.944. The number of carbonyl (C=O) groups is 1. The maximum absolute atomic E-state index is 13.1. The highest BCUT2D eigenvalue weighted by Gasteiger charge is 2.53. The lowest BCUT2D eigenvalue weighted by Crippen LogP contribution is -2.59. The van der Waals surface area contributed by atoms with Crippen LogP contribution in [-0.4, -0.2) is 29.9 Å². The van der Waals surface area contributed by atoms with Crippen LogP contribution in [0.2, 0.25) is 0 Å². The summed E-state index contributed by atoms with van der Waals surface area (Å²) in [5, 5.41) is 0. The second-order valence-electron chi connectivity index (χ2n) is 8.75. The fourth-order valence-electron chi connectivity index (χ4n) is 6.53. The number of hydrogen-bond acceptors (Lipinski definition) is 2. The standard InChI is InChI=1S/C18H30N2O/c1-18(5-3-4-15(18)19)17(21)20(2)16-13-7-11-6-12(9-13)10-14(16)8-11/h11-16H,3-10,19H2,1-2H3. The van der Waals surface area contributed by atoms with Crippen LogP contribution in [0.1, 0.15) is 58.3 Å². The third-order valence-electron chi connectivity index (χ3n) is 7.46. The predicted molar refractivity (Wildman–Crippen MR) is 83.5 cm³/mol. The van der Waals surface area contributed by atoms with Gasteiger partial charge in [0.15, 0.2) is 0 Å². The van der Waals surface area contributed by atoms with E-state index in [-0.39, 0.29) is 11.5 Å². The first-order valence-corrected chi connectivity index (χ1v) is 9.02. The summed E-state index contributed by atoms with van der Waals surface area (Å²) in [5.41, 5.74) is 5.98. The highest BCUT2D eigenvalue weighted by atomic mass is 16.2. The van der Waals surface area contributed by atoms with Crippen molar-refractivity contribution in [2.75, 3.05) is 7.05 Å². The number of carbonyl (C=O) groups excluding carboxylic acids is 1. The van der Waals surface area contributed by atoms with Crippen molar-refractivity contribution in [2.24, 2.45) is 34.8 Å². The highest BCUT2D eigenvalue weighted by Crippen LogP contribution is 2.55. The van der Waals surface area contributed by atoms with Crippen LogP contribution < -0.4 is 5.73 Å². The van der Waals surface area contributed by atoms with E-state index in [2.05, 4.69) is 18.9 Å². The largest absolute Gasteiger partial charge is 0.342 e. The second-order valence-corrected chi connectivity index (χ2v) is 8.75. The van der Waals surface area contributed by atoms with Crippen LogP contribution >= 0.6 is 0 Å². The van der Waals surface area contributed by atoms with E-state index in [9.17, 15) is 4.79 Å². The summed E-state index contributed by atoms with van der Waals surface area (Å²) in [7, 11) is 2.07. The smallest absolute Gasteiger partial charge is 0.230 e. The van der Waals surface area contributed by atoms with Gasteiger partial charge < -0.3 is 10.6 Å². The molecule has 3 nitrogen and oxygen atoms in total. The van der Waals surface area contributed by atoms with Gasteiger partial charge in [0.2, 0.25) is 5.91 Å². The zero-order valence-electron chi connectivity index (χ0n) is 13.6. The number of rotatable bonds is 2.